The first-order chi connectivity index (χ1) is 9.72. The molecular weight excluding hydrogens is 254 g/mol. The molecule has 0 aliphatic rings. The fraction of sp³-hybridized carbons (Fsp3) is 0.214. The molecule has 0 amide bonds. The van der Waals surface area contributed by atoms with Crippen molar-refractivity contribution < 1.29 is 0 Å². The van der Waals surface area contributed by atoms with Gasteiger partial charge in [0.05, 0.1) is 11.9 Å². The van der Waals surface area contributed by atoms with E-state index in [9.17, 15) is 4.79 Å². The van der Waals surface area contributed by atoms with Gasteiger partial charge in [-0.15, -0.1) is 0 Å². The minimum atomic E-state index is -0.0534. The summed E-state index contributed by atoms with van der Waals surface area (Å²) in [4.78, 5) is 18.6. The monoisotopic (exact) mass is 269 g/mol. The minimum absolute atomic E-state index is 0.0534. The van der Waals surface area contributed by atoms with E-state index in [4.69, 9.17) is 0 Å². The molecule has 6 nitrogen and oxygen atoms in total. The van der Waals surface area contributed by atoms with Crippen molar-refractivity contribution in [2.24, 2.45) is 0 Å². The standard InChI is InChI=1S/C14H15N5O/c1-18(9-11-7-15-16-8-11)10-12-6-14(20)19-5-3-2-4-13(19)17-12/h2-8H,9-10H2,1H3,(H,15,16). The molecule has 20 heavy (non-hydrogen) atoms. The molecule has 0 saturated carbocycles. The summed E-state index contributed by atoms with van der Waals surface area (Å²) in [5.41, 5.74) is 2.49. The Morgan fingerprint density at radius 1 is 1.35 bits per heavy atom. The third kappa shape index (κ3) is 2.60. The van der Waals surface area contributed by atoms with Gasteiger partial charge >= 0.3 is 0 Å². The number of pyridine rings is 1. The molecule has 3 rings (SSSR count). The van der Waals surface area contributed by atoms with Crippen molar-refractivity contribution >= 4 is 5.65 Å². The average molecular weight is 269 g/mol. The molecule has 0 aliphatic heterocycles. The lowest BCUT2D eigenvalue weighted by molar-refractivity contribution is 0.315. The Balaban J connectivity index is 1.82. The summed E-state index contributed by atoms with van der Waals surface area (Å²) in [5.74, 6) is 0. The van der Waals surface area contributed by atoms with Crippen LogP contribution in [-0.2, 0) is 13.1 Å². The van der Waals surface area contributed by atoms with Gasteiger partial charge < -0.3 is 0 Å². The van der Waals surface area contributed by atoms with E-state index in [2.05, 4.69) is 20.1 Å². The highest BCUT2D eigenvalue weighted by Crippen LogP contribution is 2.05. The van der Waals surface area contributed by atoms with Crippen LogP contribution in [0.25, 0.3) is 5.65 Å². The van der Waals surface area contributed by atoms with Gasteiger partial charge in [0, 0.05) is 37.1 Å². The smallest absolute Gasteiger partial charge is 0.258 e. The van der Waals surface area contributed by atoms with Gasteiger partial charge in [-0.3, -0.25) is 19.2 Å². The van der Waals surface area contributed by atoms with Crippen molar-refractivity contribution in [2.75, 3.05) is 7.05 Å². The number of aromatic nitrogens is 4. The summed E-state index contributed by atoms with van der Waals surface area (Å²) in [6.45, 7) is 1.37. The first-order valence-corrected chi connectivity index (χ1v) is 6.36. The molecular formula is C14H15N5O. The molecule has 3 aromatic heterocycles. The van der Waals surface area contributed by atoms with Gasteiger partial charge in [0.25, 0.3) is 5.56 Å². The zero-order valence-corrected chi connectivity index (χ0v) is 11.2. The van der Waals surface area contributed by atoms with Gasteiger partial charge in [0.1, 0.15) is 5.65 Å². The highest BCUT2D eigenvalue weighted by molar-refractivity contribution is 5.37. The lowest BCUT2D eigenvalue weighted by Gasteiger charge is -2.15. The molecule has 0 fully saturated rings. The fourth-order valence-electron chi connectivity index (χ4n) is 2.19. The Kier molecular flexibility index (Phi) is 3.30. The second kappa shape index (κ2) is 5.26. The van der Waals surface area contributed by atoms with Crippen molar-refractivity contribution in [1.29, 1.82) is 0 Å². The molecule has 1 N–H and O–H groups in total. The zero-order chi connectivity index (χ0) is 13.9. The molecule has 3 aromatic rings. The lowest BCUT2D eigenvalue weighted by Crippen LogP contribution is -2.21. The Hall–Kier alpha value is -2.47. The topological polar surface area (TPSA) is 66.3 Å². The van der Waals surface area contributed by atoms with Gasteiger partial charge in [0.2, 0.25) is 0 Å². The van der Waals surface area contributed by atoms with E-state index < -0.39 is 0 Å². The molecule has 3 heterocycles. The summed E-state index contributed by atoms with van der Waals surface area (Å²) in [5, 5.41) is 6.70. The number of H-pyrrole nitrogens is 1. The number of nitrogens with one attached hydrogen (secondary N) is 1. The van der Waals surface area contributed by atoms with Gasteiger partial charge in [-0.1, -0.05) is 6.07 Å². The number of hydrogen-bond donors (Lipinski definition) is 1. The van der Waals surface area contributed by atoms with Gasteiger partial charge in [-0.25, -0.2) is 4.98 Å². The zero-order valence-electron chi connectivity index (χ0n) is 11.2. The quantitative estimate of drug-likeness (QED) is 0.769. The van der Waals surface area contributed by atoms with E-state index >= 15 is 0 Å². The molecule has 102 valence electrons. The molecule has 0 atom stereocenters. The van der Waals surface area contributed by atoms with Crippen LogP contribution in [-0.4, -0.2) is 31.5 Å². The van der Waals surface area contributed by atoms with Crippen molar-refractivity contribution in [3.63, 3.8) is 0 Å². The maximum atomic E-state index is 12.0. The van der Waals surface area contributed by atoms with Crippen molar-refractivity contribution in [2.45, 2.75) is 13.1 Å². The Bertz CT molecular complexity index is 763. The molecule has 0 radical (unpaired) electrons. The van der Waals surface area contributed by atoms with Crippen LogP contribution < -0.4 is 5.56 Å². The predicted molar refractivity (Wildman–Crippen MR) is 75.2 cm³/mol. The van der Waals surface area contributed by atoms with Crippen LogP contribution in [0.15, 0.2) is 47.7 Å². The summed E-state index contributed by atoms with van der Waals surface area (Å²) in [7, 11) is 1.99. The van der Waals surface area contributed by atoms with Crippen LogP contribution in [0, 0.1) is 0 Å². The number of nitrogens with zero attached hydrogens (tertiary/aromatic N) is 4. The van der Waals surface area contributed by atoms with E-state index in [0.29, 0.717) is 12.2 Å². The average Bonchev–Trinajstić information content (AvgIpc) is 2.91. The maximum absolute atomic E-state index is 12.0. The number of fused-ring (bicyclic) bond motifs is 1. The second-order valence-corrected chi connectivity index (χ2v) is 4.79. The minimum Gasteiger partial charge on any atom is -0.296 e. The molecule has 0 spiro atoms. The third-order valence-corrected chi connectivity index (χ3v) is 3.06. The van der Waals surface area contributed by atoms with E-state index in [0.717, 1.165) is 17.8 Å². The molecule has 6 heteroatoms. The van der Waals surface area contributed by atoms with Crippen LogP contribution in [0.3, 0.4) is 0 Å². The summed E-state index contributed by atoms with van der Waals surface area (Å²) in [6.07, 6.45) is 5.38. The summed E-state index contributed by atoms with van der Waals surface area (Å²) < 4.78 is 1.54. The number of rotatable bonds is 4. The molecule has 0 aliphatic carbocycles. The lowest BCUT2D eigenvalue weighted by atomic mass is 10.3. The fourth-order valence-corrected chi connectivity index (χ4v) is 2.19. The maximum Gasteiger partial charge on any atom is 0.258 e. The third-order valence-electron chi connectivity index (χ3n) is 3.06. The highest BCUT2D eigenvalue weighted by Gasteiger charge is 2.06. The Morgan fingerprint density at radius 2 is 2.25 bits per heavy atom. The largest absolute Gasteiger partial charge is 0.296 e. The molecule has 0 unspecified atom stereocenters. The summed E-state index contributed by atoms with van der Waals surface area (Å²) in [6, 6.07) is 7.11. The van der Waals surface area contributed by atoms with Crippen LogP contribution in [0.5, 0.6) is 0 Å². The van der Waals surface area contributed by atoms with Gasteiger partial charge in [-0.2, -0.15) is 5.10 Å². The highest BCUT2D eigenvalue weighted by atomic mass is 16.1. The first kappa shape index (κ1) is 12.6. The van der Waals surface area contributed by atoms with E-state index in [1.165, 1.54) is 0 Å². The van der Waals surface area contributed by atoms with Crippen LogP contribution in [0.4, 0.5) is 0 Å². The van der Waals surface area contributed by atoms with Crippen molar-refractivity contribution in [3.05, 3.63) is 64.5 Å². The summed E-state index contributed by atoms with van der Waals surface area (Å²) >= 11 is 0. The second-order valence-electron chi connectivity index (χ2n) is 4.79. The Morgan fingerprint density at radius 3 is 3.05 bits per heavy atom. The molecule has 0 saturated heterocycles. The number of aromatic amines is 1. The van der Waals surface area contributed by atoms with Crippen LogP contribution in [0.2, 0.25) is 0 Å². The van der Waals surface area contributed by atoms with E-state index in [-0.39, 0.29) is 5.56 Å². The molecule has 0 bridgehead atoms. The molecule has 0 aromatic carbocycles. The van der Waals surface area contributed by atoms with Crippen molar-refractivity contribution in [3.8, 4) is 0 Å². The van der Waals surface area contributed by atoms with Crippen LogP contribution >= 0.6 is 0 Å². The van der Waals surface area contributed by atoms with Crippen LogP contribution in [0.1, 0.15) is 11.3 Å². The SMILES string of the molecule is CN(Cc1cn[nH]c1)Cc1cc(=O)n2ccccc2n1. The number of hydrogen-bond acceptors (Lipinski definition) is 4. The van der Waals surface area contributed by atoms with Crippen molar-refractivity contribution in [1.82, 2.24) is 24.5 Å². The Labute approximate surface area is 115 Å². The normalized spacial score (nSPS) is 11.3. The predicted octanol–water partition coefficient (Wildman–Crippen LogP) is 1.05. The first-order valence-electron chi connectivity index (χ1n) is 6.36. The van der Waals surface area contributed by atoms with Gasteiger partial charge in [0.15, 0.2) is 0 Å². The van der Waals surface area contributed by atoms with E-state index in [1.54, 1.807) is 22.9 Å². The van der Waals surface area contributed by atoms with Gasteiger partial charge in [-0.05, 0) is 19.2 Å². The van der Waals surface area contributed by atoms with E-state index in [1.807, 2.05) is 31.4 Å².